The Morgan fingerprint density at radius 2 is 1.96 bits per heavy atom. The van der Waals surface area contributed by atoms with E-state index in [0.29, 0.717) is 36.4 Å². The van der Waals surface area contributed by atoms with Gasteiger partial charge in [0.1, 0.15) is 11.6 Å². The van der Waals surface area contributed by atoms with E-state index in [0.717, 1.165) is 11.3 Å². The van der Waals surface area contributed by atoms with E-state index in [1.54, 1.807) is 31.4 Å². The van der Waals surface area contributed by atoms with Crippen molar-refractivity contribution in [1.29, 1.82) is 0 Å². The predicted molar refractivity (Wildman–Crippen MR) is 97.6 cm³/mol. The maximum absolute atomic E-state index is 14.0. The Morgan fingerprint density at radius 3 is 2.70 bits per heavy atom. The average molecular weight is 366 g/mol. The smallest absolute Gasteiger partial charge is 0.232 e. The lowest BCUT2D eigenvalue weighted by molar-refractivity contribution is -0.123. The molecule has 0 saturated heterocycles. The number of hydrogen-bond donors (Lipinski definition) is 1. The molecule has 0 radical (unpaired) electrons. The van der Waals surface area contributed by atoms with Crippen LogP contribution in [0, 0.1) is 5.82 Å². The highest BCUT2D eigenvalue weighted by atomic mass is 19.1. The minimum atomic E-state index is -0.699. The van der Waals surface area contributed by atoms with E-state index in [1.165, 1.54) is 6.07 Å². The summed E-state index contributed by atoms with van der Waals surface area (Å²) in [6.07, 6.45) is 1.38. The van der Waals surface area contributed by atoms with Gasteiger partial charge in [0.05, 0.1) is 23.8 Å². The number of para-hydroxylation sites is 1. The number of methoxy groups -OCH3 is 1. The van der Waals surface area contributed by atoms with E-state index in [1.807, 2.05) is 24.3 Å². The van der Waals surface area contributed by atoms with Crippen LogP contribution < -0.4 is 10.1 Å². The third-order valence-electron chi connectivity index (χ3n) is 4.96. The summed E-state index contributed by atoms with van der Waals surface area (Å²) in [5.41, 5.74) is 1.07. The van der Waals surface area contributed by atoms with Crippen molar-refractivity contribution in [2.45, 2.75) is 24.8 Å². The number of halogens is 1. The number of carbonyl (C=O) groups is 1. The normalized spacial score (nSPS) is 14.6. The van der Waals surface area contributed by atoms with Crippen molar-refractivity contribution < 1.29 is 18.4 Å². The van der Waals surface area contributed by atoms with Crippen LogP contribution in [0.5, 0.6) is 5.75 Å². The minimum absolute atomic E-state index is 0.109. The van der Waals surface area contributed by atoms with Crippen LogP contribution in [0.1, 0.15) is 24.1 Å². The molecule has 1 aliphatic carbocycles. The zero-order valence-electron chi connectivity index (χ0n) is 14.9. The fraction of sp³-hybridized carbons (Fsp3) is 0.238. The van der Waals surface area contributed by atoms with Crippen molar-refractivity contribution in [3.63, 3.8) is 0 Å². The van der Waals surface area contributed by atoms with Crippen molar-refractivity contribution in [2.24, 2.45) is 0 Å². The van der Waals surface area contributed by atoms with Crippen LogP contribution in [0.3, 0.4) is 0 Å². The molecular weight excluding hydrogens is 347 g/mol. The summed E-state index contributed by atoms with van der Waals surface area (Å²) in [6, 6.07) is 15.5. The van der Waals surface area contributed by atoms with Crippen LogP contribution in [0.4, 0.5) is 4.39 Å². The van der Waals surface area contributed by atoms with Gasteiger partial charge in [-0.2, -0.15) is 0 Å². The summed E-state index contributed by atoms with van der Waals surface area (Å²) >= 11 is 0. The van der Waals surface area contributed by atoms with Crippen molar-refractivity contribution in [3.05, 3.63) is 71.7 Å². The van der Waals surface area contributed by atoms with E-state index in [4.69, 9.17) is 9.26 Å². The molecule has 4 rings (SSSR count). The van der Waals surface area contributed by atoms with Gasteiger partial charge in [-0.3, -0.25) is 4.79 Å². The Labute approximate surface area is 156 Å². The maximum Gasteiger partial charge on any atom is 0.232 e. The lowest BCUT2D eigenvalue weighted by atomic mass is 10.00. The molecule has 3 aromatic rings. The van der Waals surface area contributed by atoms with Crippen LogP contribution in [0.25, 0.3) is 11.3 Å². The molecule has 5 nitrogen and oxygen atoms in total. The van der Waals surface area contributed by atoms with Crippen LogP contribution in [-0.2, 0) is 16.8 Å². The number of amides is 1. The van der Waals surface area contributed by atoms with Crippen LogP contribution in [0.15, 0.2) is 59.1 Å². The topological polar surface area (TPSA) is 64.4 Å². The second-order valence-electron chi connectivity index (χ2n) is 6.63. The molecular formula is C21H19FN2O3. The number of aromatic nitrogens is 1. The van der Waals surface area contributed by atoms with Crippen molar-refractivity contribution in [3.8, 4) is 17.1 Å². The molecule has 1 aromatic heterocycles. The van der Waals surface area contributed by atoms with Gasteiger partial charge in [0.2, 0.25) is 5.91 Å². The molecule has 1 N–H and O–H groups in total. The first-order valence-electron chi connectivity index (χ1n) is 8.76. The summed E-state index contributed by atoms with van der Waals surface area (Å²) in [4.78, 5) is 12.8. The largest absolute Gasteiger partial charge is 0.496 e. The van der Waals surface area contributed by atoms with Crippen LogP contribution in [0.2, 0.25) is 0 Å². The molecule has 1 heterocycles. The number of nitrogens with one attached hydrogen (secondary N) is 1. The quantitative estimate of drug-likeness (QED) is 0.720. The first-order chi connectivity index (χ1) is 13.1. The number of carbonyl (C=O) groups excluding carboxylic acids is 1. The van der Waals surface area contributed by atoms with Gasteiger partial charge in [-0.15, -0.1) is 0 Å². The summed E-state index contributed by atoms with van der Waals surface area (Å²) in [7, 11) is 1.60. The molecule has 1 amide bonds. The summed E-state index contributed by atoms with van der Waals surface area (Å²) in [6.45, 7) is 0.364. The van der Waals surface area contributed by atoms with E-state index in [-0.39, 0.29) is 11.7 Å². The predicted octanol–water partition coefficient (Wildman–Crippen LogP) is 3.84. The number of hydrogen-bond acceptors (Lipinski definition) is 4. The molecule has 0 spiro atoms. The second kappa shape index (κ2) is 6.87. The molecule has 0 bridgehead atoms. The standard InChI is InChI=1S/C21H19FN2O3/c1-26-17-9-5-2-6-14(17)13-23-20(25)21(10-11-21)19-12-18(27-24-19)15-7-3-4-8-16(15)22/h2-9,12H,10-11,13H2,1H3,(H,23,25). The Bertz CT molecular complexity index is 979. The second-order valence-corrected chi connectivity index (χ2v) is 6.63. The molecule has 2 aromatic carbocycles. The van der Waals surface area contributed by atoms with E-state index in [2.05, 4.69) is 10.5 Å². The average Bonchev–Trinajstić information content (AvgIpc) is 3.37. The SMILES string of the molecule is COc1ccccc1CNC(=O)C1(c2cc(-c3ccccc3F)on2)CC1. The van der Waals surface area contributed by atoms with E-state index < -0.39 is 5.41 Å². The Balaban J connectivity index is 1.51. The Kier molecular flexibility index (Phi) is 4.39. The summed E-state index contributed by atoms with van der Waals surface area (Å²) in [5, 5.41) is 7.01. The highest BCUT2D eigenvalue weighted by Gasteiger charge is 2.53. The molecule has 27 heavy (non-hydrogen) atoms. The third kappa shape index (κ3) is 3.18. The van der Waals surface area contributed by atoms with Crippen LogP contribution in [-0.4, -0.2) is 18.2 Å². The highest BCUT2D eigenvalue weighted by Crippen LogP contribution is 2.48. The molecule has 0 unspecified atom stereocenters. The fourth-order valence-corrected chi connectivity index (χ4v) is 3.21. The number of rotatable bonds is 6. The van der Waals surface area contributed by atoms with Crippen molar-refractivity contribution in [2.75, 3.05) is 7.11 Å². The van der Waals surface area contributed by atoms with Gasteiger partial charge in [-0.25, -0.2) is 4.39 Å². The molecule has 0 atom stereocenters. The lowest BCUT2D eigenvalue weighted by Crippen LogP contribution is -2.34. The maximum atomic E-state index is 14.0. The van der Waals surface area contributed by atoms with Gasteiger partial charge in [0, 0.05) is 18.2 Å². The van der Waals surface area contributed by atoms with Gasteiger partial charge < -0.3 is 14.6 Å². The van der Waals surface area contributed by atoms with Crippen molar-refractivity contribution in [1.82, 2.24) is 10.5 Å². The van der Waals surface area contributed by atoms with Gasteiger partial charge in [-0.1, -0.05) is 35.5 Å². The minimum Gasteiger partial charge on any atom is -0.496 e. The number of nitrogens with zero attached hydrogens (tertiary/aromatic N) is 1. The first kappa shape index (κ1) is 17.3. The fourth-order valence-electron chi connectivity index (χ4n) is 3.21. The zero-order chi connectivity index (χ0) is 18.9. The molecule has 6 heteroatoms. The number of ether oxygens (including phenoxy) is 1. The van der Waals surface area contributed by atoms with Gasteiger partial charge in [0.15, 0.2) is 5.76 Å². The summed E-state index contributed by atoms with van der Waals surface area (Å²) in [5.74, 6) is 0.560. The van der Waals surface area contributed by atoms with Gasteiger partial charge in [-0.05, 0) is 31.0 Å². The van der Waals surface area contributed by atoms with Gasteiger partial charge in [0.25, 0.3) is 0 Å². The monoisotopic (exact) mass is 366 g/mol. The number of benzene rings is 2. The van der Waals surface area contributed by atoms with Crippen molar-refractivity contribution >= 4 is 5.91 Å². The molecule has 1 fully saturated rings. The molecule has 138 valence electrons. The Morgan fingerprint density at radius 1 is 1.22 bits per heavy atom. The van der Waals surface area contributed by atoms with E-state index >= 15 is 0 Å². The Hall–Kier alpha value is -3.15. The third-order valence-corrected chi connectivity index (χ3v) is 4.96. The highest BCUT2D eigenvalue weighted by molar-refractivity contribution is 5.91. The first-order valence-corrected chi connectivity index (χ1v) is 8.76. The molecule has 1 aliphatic rings. The molecule has 0 aliphatic heterocycles. The van der Waals surface area contributed by atoms with Gasteiger partial charge >= 0.3 is 0 Å². The molecule has 1 saturated carbocycles. The zero-order valence-corrected chi connectivity index (χ0v) is 14.9. The van der Waals surface area contributed by atoms with Crippen LogP contribution >= 0.6 is 0 Å². The lowest BCUT2D eigenvalue weighted by Gasteiger charge is -2.14. The van der Waals surface area contributed by atoms with E-state index in [9.17, 15) is 9.18 Å². The summed E-state index contributed by atoms with van der Waals surface area (Å²) < 4.78 is 24.6.